The van der Waals surface area contributed by atoms with Crippen LogP contribution in [0.25, 0.3) is 0 Å². The number of carbonyl (C=O) groups is 6. The first kappa shape index (κ1) is 41.6. The summed E-state index contributed by atoms with van der Waals surface area (Å²) in [6.45, 7) is 3.29. The third-order valence-electron chi connectivity index (χ3n) is 10.0. The maximum absolute atomic E-state index is 14.7. The molecule has 2 aliphatic heterocycles. The van der Waals surface area contributed by atoms with Crippen molar-refractivity contribution >= 4 is 43.6 Å². The molecule has 56 heavy (non-hydrogen) atoms. The predicted molar refractivity (Wildman–Crippen MR) is 200 cm³/mol. The highest BCUT2D eigenvalue weighted by Crippen LogP contribution is 2.69. The Morgan fingerprint density at radius 2 is 1.29 bits per heavy atom. The second kappa shape index (κ2) is 17.5. The molecule has 6 amide bonds. The number of likely N-dealkylation sites (tertiary alicyclic amines) is 2. The van der Waals surface area contributed by atoms with Gasteiger partial charge in [0, 0.05) is 44.2 Å². The van der Waals surface area contributed by atoms with Crippen LogP contribution in [0.15, 0.2) is 78.9 Å². The van der Waals surface area contributed by atoms with Gasteiger partial charge in [-0.2, -0.15) is 0 Å². The average Bonchev–Trinajstić information content (AvgIpc) is 3.86. The summed E-state index contributed by atoms with van der Waals surface area (Å²) >= 11 is 0. The summed E-state index contributed by atoms with van der Waals surface area (Å²) in [7, 11) is -2.93. The normalized spacial score (nSPS) is 19.2. The molecule has 0 saturated carbocycles. The molecule has 2 heterocycles. The molecule has 3 atom stereocenters. The van der Waals surface area contributed by atoms with Crippen LogP contribution in [-0.2, 0) is 35.5 Å². The second-order valence-corrected chi connectivity index (χ2v) is 15.1. The lowest BCUT2D eigenvalue weighted by Crippen LogP contribution is -2.54. The van der Waals surface area contributed by atoms with Crippen LogP contribution in [0.2, 0.25) is 0 Å². The van der Waals surface area contributed by atoms with Crippen molar-refractivity contribution in [2.45, 2.75) is 57.0 Å². The summed E-state index contributed by atoms with van der Waals surface area (Å²) in [6, 6.07) is 19.0. The van der Waals surface area contributed by atoms with E-state index in [-0.39, 0.29) is 62.4 Å². The molecule has 0 spiro atoms. The molecule has 0 bridgehead atoms. The third-order valence-corrected chi connectivity index (χ3v) is 11.7. The lowest BCUT2D eigenvalue weighted by molar-refractivity contribution is -0.138. The van der Waals surface area contributed by atoms with Crippen molar-refractivity contribution in [1.29, 1.82) is 0 Å². The second-order valence-electron chi connectivity index (χ2n) is 13.3. The van der Waals surface area contributed by atoms with Gasteiger partial charge in [-0.1, -0.05) is 54.6 Å². The van der Waals surface area contributed by atoms with Crippen LogP contribution in [0.3, 0.4) is 0 Å². The summed E-state index contributed by atoms with van der Waals surface area (Å²) in [6.07, 6.45) is -1.77. The number of rotatable bonds is 10. The minimum atomic E-state index is -5.42. The van der Waals surface area contributed by atoms with E-state index in [1.807, 2.05) is 6.07 Å². The molecule has 2 aliphatic rings. The lowest BCUT2D eigenvalue weighted by atomic mass is 9.85. The quantitative estimate of drug-likeness (QED) is 0.199. The summed E-state index contributed by atoms with van der Waals surface area (Å²) < 4.78 is 29.6. The van der Waals surface area contributed by atoms with Crippen LogP contribution in [0.1, 0.15) is 76.4 Å². The van der Waals surface area contributed by atoms with E-state index in [1.165, 1.54) is 67.5 Å². The van der Waals surface area contributed by atoms with Crippen molar-refractivity contribution < 1.29 is 57.3 Å². The number of amides is 6. The van der Waals surface area contributed by atoms with Gasteiger partial charge in [-0.3, -0.25) is 23.8 Å². The molecule has 0 aromatic heterocycles. The SMILES string of the molecule is CCOC(=O)N(C)C(=O)c1ccc([C@@H]2CCN(C(=O)[C@@H]3CCCN3C(=O)OCc3ccccc3)[C@@]2(c2ccc(C(=O)N(C)C(=O)OCC)cc2)P(=O)(O)O)cc1. The predicted octanol–water partition coefficient (Wildman–Crippen LogP) is 5.29. The van der Waals surface area contributed by atoms with E-state index < -0.39 is 60.8 Å². The topological polar surface area (TPSA) is 201 Å². The van der Waals surface area contributed by atoms with Gasteiger partial charge in [-0.25, -0.2) is 24.2 Å². The zero-order valence-electron chi connectivity index (χ0n) is 31.5. The Morgan fingerprint density at radius 1 is 0.750 bits per heavy atom. The molecule has 3 aromatic carbocycles. The van der Waals surface area contributed by atoms with E-state index in [0.29, 0.717) is 12.0 Å². The van der Waals surface area contributed by atoms with E-state index in [9.17, 15) is 43.1 Å². The smallest absolute Gasteiger partial charge is 0.416 e. The summed E-state index contributed by atoms with van der Waals surface area (Å²) in [5, 5.41) is -2.35. The fraction of sp³-hybridized carbons (Fsp3) is 0.385. The highest BCUT2D eigenvalue weighted by atomic mass is 31.2. The number of hydrogen-bond donors (Lipinski definition) is 2. The number of benzene rings is 3. The molecule has 2 saturated heterocycles. The van der Waals surface area contributed by atoms with Gasteiger partial charge in [-0.05, 0) is 74.1 Å². The van der Waals surface area contributed by atoms with E-state index in [0.717, 1.165) is 20.3 Å². The van der Waals surface area contributed by atoms with Gasteiger partial charge >= 0.3 is 25.9 Å². The highest BCUT2D eigenvalue weighted by Gasteiger charge is 2.64. The molecular weight excluding hydrogens is 747 g/mol. The first-order valence-corrected chi connectivity index (χ1v) is 19.7. The highest BCUT2D eigenvalue weighted by molar-refractivity contribution is 7.53. The molecule has 298 valence electrons. The zero-order valence-corrected chi connectivity index (χ0v) is 32.4. The zero-order chi connectivity index (χ0) is 40.8. The Bertz CT molecular complexity index is 1990. The van der Waals surface area contributed by atoms with Crippen LogP contribution in [0, 0.1) is 0 Å². The molecule has 17 heteroatoms. The maximum atomic E-state index is 14.7. The average molecular weight is 793 g/mol. The Hall–Kier alpha value is -5.57. The van der Waals surface area contributed by atoms with Crippen molar-refractivity contribution in [3.05, 3.63) is 107 Å². The molecule has 5 rings (SSSR count). The first-order chi connectivity index (χ1) is 26.7. The van der Waals surface area contributed by atoms with Gasteiger partial charge in [-0.15, -0.1) is 0 Å². The minimum Gasteiger partial charge on any atom is -0.449 e. The van der Waals surface area contributed by atoms with E-state index in [1.54, 1.807) is 38.1 Å². The molecule has 0 radical (unpaired) electrons. The van der Waals surface area contributed by atoms with Crippen LogP contribution < -0.4 is 0 Å². The first-order valence-electron chi connectivity index (χ1n) is 18.1. The van der Waals surface area contributed by atoms with Crippen molar-refractivity contribution in [1.82, 2.24) is 19.6 Å². The van der Waals surface area contributed by atoms with Gasteiger partial charge in [0.1, 0.15) is 12.6 Å². The maximum Gasteiger partial charge on any atom is 0.416 e. The molecule has 2 N–H and O–H groups in total. The standard InChI is InChI=1S/C39H45N4O12P/c1-5-53-36(47)40(3)33(44)28-16-14-27(15-17-28)31-22-24-43(35(46)32-13-10-23-42(32)38(49)55-25-26-11-8-7-9-12-26)39(31,56(50,51)52)30-20-18-29(19-21-30)34(45)41(4)37(48)54-6-2/h7-9,11-12,14-21,31-32H,5-6,10,13,22-25H2,1-4H3,(H2,50,51,52)/t31-,32-,39-/m0/s1. The van der Waals surface area contributed by atoms with Crippen LogP contribution in [0.4, 0.5) is 14.4 Å². The molecule has 16 nitrogen and oxygen atoms in total. The molecule has 2 fully saturated rings. The lowest BCUT2D eigenvalue weighted by Gasteiger charge is -2.44. The van der Waals surface area contributed by atoms with Crippen molar-refractivity contribution in [2.75, 3.05) is 40.4 Å². The van der Waals surface area contributed by atoms with Crippen LogP contribution in [-0.4, -0.2) is 112 Å². The largest absolute Gasteiger partial charge is 0.449 e. The fourth-order valence-electron chi connectivity index (χ4n) is 7.31. The van der Waals surface area contributed by atoms with Crippen LogP contribution >= 0.6 is 7.60 Å². The van der Waals surface area contributed by atoms with Gasteiger partial charge in [0.15, 0.2) is 5.28 Å². The number of ether oxygens (including phenoxy) is 3. The monoisotopic (exact) mass is 792 g/mol. The van der Waals surface area contributed by atoms with Gasteiger partial charge in [0.25, 0.3) is 11.8 Å². The number of nitrogens with zero attached hydrogens (tertiary/aromatic N) is 4. The fourth-order valence-corrected chi connectivity index (χ4v) is 9.00. The van der Waals surface area contributed by atoms with Gasteiger partial charge in [0.2, 0.25) is 5.91 Å². The molecule has 0 unspecified atom stereocenters. The molecule has 0 aliphatic carbocycles. The van der Waals surface area contributed by atoms with Crippen molar-refractivity contribution in [3.63, 3.8) is 0 Å². The minimum absolute atomic E-state index is 0.00424. The summed E-state index contributed by atoms with van der Waals surface area (Å²) in [5.41, 5.74) is 1.21. The summed E-state index contributed by atoms with van der Waals surface area (Å²) in [4.78, 5) is 106. The Balaban J connectivity index is 1.55. The third kappa shape index (κ3) is 8.18. The van der Waals surface area contributed by atoms with Crippen LogP contribution in [0.5, 0.6) is 0 Å². The summed E-state index contributed by atoms with van der Waals surface area (Å²) in [5.74, 6) is -3.18. The Morgan fingerprint density at radius 3 is 1.80 bits per heavy atom. The Labute approximate surface area is 324 Å². The number of imide groups is 2. The van der Waals surface area contributed by atoms with Crippen molar-refractivity contribution in [2.24, 2.45) is 0 Å². The number of hydrogen-bond acceptors (Lipinski definition) is 10. The Kier molecular flexibility index (Phi) is 13.0. The molecular formula is C39H45N4O12P. The van der Waals surface area contributed by atoms with Crippen molar-refractivity contribution in [3.8, 4) is 0 Å². The van der Waals surface area contributed by atoms with E-state index in [4.69, 9.17) is 14.2 Å². The molecule has 3 aromatic rings. The number of carbonyl (C=O) groups excluding carboxylic acids is 6. The van der Waals surface area contributed by atoms with Gasteiger partial charge < -0.3 is 28.9 Å². The van der Waals surface area contributed by atoms with Gasteiger partial charge in [0.05, 0.1) is 13.2 Å². The van der Waals surface area contributed by atoms with E-state index >= 15 is 0 Å². The van der Waals surface area contributed by atoms with E-state index in [2.05, 4.69) is 0 Å².